The third-order valence-corrected chi connectivity index (χ3v) is 4.56. The predicted molar refractivity (Wildman–Crippen MR) is 76.7 cm³/mol. The first-order valence-electron chi connectivity index (χ1n) is 5.67. The Morgan fingerprint density at radius 2 is 2.25 bits per heavy atom. The minimum absolute atomic E-state index is 0.124. The molecule has 1 N–H and O–H groups in total. The maximum atomic E-state index is 5.69. The van der Waals surface area contributed by atoms with E-state index in [1.54, 1.807) is 0 Å². The van der Waals surface area contributed by atoms with Gasteiger partial charge in [0, 0.05) is 4.88 Å². The summed E-state index contributed by atoms with van der Waals surface area (Å²) >= 11 is 4.32. The number of aryl methyl sites for hydroxylation is 1. The van der Waals surface area contributed by atoms with Crippen molar-refractivity contribution in [3.8, 4) is 0 Å². The van der Waals surface area contributed by atoms with Crippen LogP contribution in [0.1, 0.15) is 50.1 Å². The number of rotatable bonds is 2. The molecule has 0 fully saturated rings. The first-order valence-corrected chi connectivity index (χ1v) is 7.57. The van der Waals surface area contributed by atoms with Gasteiger partial charge in [-0.05, 0) is 74.3 Å². The molecular formula is C12H18INOS. The fraction of sp³-hybridized carbons (Fsp3) is 0.667. The maximum absolute atomic E-state index is 5.69. The van der Waals surface area contributed by atoms with Gasteiger partial charge in [-0.1, -0.05) is 0 Å². The molecule has 1 aromatic heterocycles. The van der Waals surface area contributed by atoms with Crippen LogP contribution < -0.4 is 5.48 Å². The summed E-state index contributed by atoms with van der Waals surface area (Å²) in [5.74, 6) is 0. The molecule has 0 saturated heterocycles. The summed E-state index contributed by atoms with van der Waals surface area (Å²) in [6.07, 6.45) is 3.67. The van der Waals surface area contributed by atoms with Crippen LogP contribution in [0.25, 0.3) is 0 Å². The van der Waals surface area contributed by atoms with Crippen molar-refractivity contribution in [2.24, 2.45) is 0 Å². The predicted octanol–water partition coefficient (Wildman–Crippen LogP) is 4.05. The quantitative estimate of drug-likeness (QED) is 0.641. The van der Waals surface area contributed by atoms with Crippen molar-refractivity contribution in [1.82, 2.24) is 5.48 Å². The smallest absolute Gasteiger partial charge is 0.0813 e. The van der Waals surface area contributed by atoms with Gasteiger partial charge >= 0.3 is 0 Å². The lowest BCUT2D eigenvalue weighted by atomic mass is 9.95. The fourth-order valence-electron chi connectivity index (χ4n) is 1.89. The fourth-order valence-corrected chi connectivity index (χ4v) is 4.01. The molecule has 0 amide bonds. The minimum Gasteiger partial charge on any atom is -0.296 e. The van der Waals surface area contributed by atoms with E-state index < -0.39 is 0 Å². The molecule has 0 aromatic carbocycles. The third kappa shape index (κ3) is 3.18. The Balaban J connectivity index is 2.07. The van der Waals surface area contributed by atoms with Crippen LogP contribution in [0.3, 0.4) is 0 Å². The number of halogens is 1. The van der Waals surface area contributed by atoms with Gasteiger partial charge in [0.05, 0.1) is 14.5 Å². The molecule has 1 heterocycles. The number of thiophene rings is 1. The standard InChI is InChI=1S/C12H18INOS/c1-12(2,3)15-14-9-5-4-6-10-8(9)7-11(13)16-10/h7,9,14H,4-6H2,1-3H3. The lowest BCUT2D eigenvalue weighted by molar-refractivity contribution is -0.0910. The van der Waals surface area contributed by atoms with Gasteiger partial charge in [0.1, 0.15) is 0 Å². The van der Waals surface area contributed by atoms with Crippen LogP contribution in [-0.2, 0) is 11.3 Å². The van der Waals surface area contributed by atoms with Gasteiger partial charge in [-0.3, -0.25) is 4.84 Å². The zero-order valence-electron chi connectivity index (χ0n) is 9.97. The second-order valence-corrected chi connectivity index (χ2v) is 8.24. The van der Waals surface area contributed by atoms with Crippen molar-refractivity contribution in [2.45, 2.75) is 51.7 Å². The van der Waals surface area contributed by atoms with E-state index in [2.05, 4.69) is 54.9 Å². The molecule has 1 aliphatic rings. The molecule has 0 aliphatic heterocycles. The summed E-state index contributed by atoms with van der Waals surface area (Å²) in [6, 6.07) is 2.67. The number of hydrogen-bond donors (Lipinski definition) is 1. The largest absolute Gasteiger partial charge is 0.296 e. The van der Waals surface area contributed by atoms with Crippen molar-refractivity contribution in [3.05, 3.63) is 19.4 Å². The van der Waals surface area contributed by atoms with E-state index >= 15 is 0 Å². The molecule has 1 aromatic rings. The van der Waals surface area contributed by atoms with Crippen LogP contribution in [0.4, 0.5) is 0 Å². The Labute approximate surface area is 115 Å². The Kier molecular flexibility index (Phi) is 3.93. The van der Waals surface area contributed by atoms with Crippen LogP contribution in [0, 0.1) is 2.88 Å². The first kappa shape index (κ1) is 12.8. The molecule has 4 heteroatoms. The van der Waals surface area contributed by atoms with E-state index in [-0.39, 0.29) is 5.60 Å². The summed E-state index contributed by atoms with van der Waals surface area (Å²) in [5, 5.41) is 0. The number of hydroxylamine groups is 1. The van der Waals surface area contributed by atoms with Crippen LogP contribution in [0.5, 0.6) is 0 Å². The molecular weight excluding hydrogens is 333 g/mol. The molecule has 90 valence electrons. The van der Waals surface area contributed by atoms with E-state index in [9.17, 15) is 0 Å². The zero-order valence-corrected chi connectivity index (χ0v) is 12.9. The van der Waals surface area contributed by atoms with Crippen LogP contribution in [0.15, 0.2) is 6.07 Å². The van der Waals surface area contributed by atoms with Crippen molar-refractivity contribution in [2.75, 3.05) is 0 Å². The highest BCUT2D eigenvalue weighted by Gasteiger charge is 2.24. The summed E-state index contributed by atoms with van der Waals surface area (Å²) in [6.45, 7) is 6.21. The molecule has 0 saturated carbocycles. The minimum atomic E-state index is -0.124. The van der Waals surface area contributed by atoms with Gasteiger partial charge in [0.15, 0.2) is 0 Å². The first-order chi connectivity index (χ1) is 7.46. The van der Waals surface area contributed by atoms with Crippen molar-refractivity contribution in [1.29, 1.82) is 0 Å². The highest BCUT2D eigenvalue weighted by molar-refractivity contribution is 14.1. The summed E-state index contributed by atoms with van der Waals surface area (Å²) in [5.41, 5.74) is 4.56. The highest BCUT2D eigenvalue weighted by atomic mass is 127. The third-order valence-electron chi connectivity index (χ3n) is 2.59. The second kappa shape index (κ2) is 4.92. The molecule has 16 heavy (non-hydrogen) atoms. The summed E-state index contributed by atoms with van der Waals surface area (Å²) in [7, 11) is 0. The van der Waals surface area contributed by atoms with Crippen molar-refractivity contribution in [3.63, 3.8) is 0 Å². The SMILES string of the molecule is CC(C)(C)ONC1CCCc2sc(I)cc21. The van der Waals surface area contributed by atoms with Gasteiger partial charge in [-0.2, -0.15) is 5.48 Å². The number of hydrogen-bond acceptors (Lipinski definition) is 3. The topological polar surface area (TPSA) is 21.3 Å². The second-order valence-electron chi connectivity index (χ2n) is 5.21. The molecule has 2 nitrogen and oxygen atoms in total. The van der Waals surface area contributed by atoms with Gasteiger partial charge in [0.2, 0.25) is 0 Å². The van der Waals surface area contributed by atoms with Crippen LogP contribution in [-0.4, -0.2) is 5.60 Å². The van der Waals surface area contributed by atoms with E-state index in [0.29, 0.717) is 6.04 Å². The monoisotopic (exact) mass is 351 g/mol. The summed E-state index contributed by atoms with van der Waals surface area (Å²) in [4.78, 5) is 7.22. The normalized spacial score (nSPS) is 20.9. The van der Waals surface area contributed by atoms with E-state index in [1.807, 2.05) is 11.3 Å². The number of nitrogens with one attached hydrogen (secondary N) is 1. The Bertz CT molecular complexity index is 370. The summed E-state index contributed by atoms with van der Waals surface area (Å²) < 4.78 is 1.38. The molecule has 1 unspecified atom stereocenters. The van der Waals surface area contributed by atoms with Crippen LogP contribution in [0.2, 0.25) is 0 Å². The van der Waals surface area contributed by atoms with Gasteiger partial charge in [-0.15, -0.1) is 11.3 Å². The van der Waals surface area contributed by atoms with Gasteiger partial charge < -0.3 is 0 Å². The molecule has 1 aliphatic carbocycles. The molecule has 0 radical (unpaired) electrons. The molecule has 2 rings (SSSR count). The van der Waals surface area contributed by atoms with E-state index in [0.717, 1.165) is 0 Å². The Morgan fingerprint density at radius 1 is 1.50 bits per heavy atom. The Hall–Kier alpha value is 0.350. The average molecular weight is 351 g/mol. The van der Waals surface area contributed by atoms with Gasteiger partial charge in [0.25, 0.3) is 0 Å². The highest BCUT2D eigenvalue weighted by Crippen LogP contribution is 2.36. The zero-order chi connectivity index (χ0) is 11.8. The number of fused-ring (bicyclic) bond motifs is 1. The maximum Gasteiger partial charge on any atom is 0.0813 e. The average Bonchev–Trinajstić information content (AvgIpc) is 2.54. The molecule has 0 spiro atoms. The van der Waals surface area contributed by atoms with Crippen molar-refractivity contribution < 1.29 is 4.84 Å². The van der Waals surface area contributed by atoms with Crippen molar-refractivity contribution >= 4 is 33.9 Å². The lowest BCUT2D eigenvalue weighted by Gasteiger charge is -2.27. The van der Waals surface area contributed by atoms with Crippen LogP contribution >= 0.6 is 33.9 Å². The molecule has 1 atom stereocenters. The lowest BCUT2D eigenvalue weighted by Crippen LogP contribution is -2.33. The Morgan fingerprint density at radius 3 is 2.94 bits per heavy atom. The van der Waals surface area contributed by atoms with Gasteiger partial charge in [-0.25, -0.2) is 0 Å². The molecule has 0 bridgehead atoms. The van der Waals surface area contributed by atoms with E-state index in [4.69, 9.17) is 4.84 Å². The van der Waals surface area contributed by atoms with E-state index in [1.165, 1.54) is 32.6 Å².